The van der Waals surface area contributed by atoms with Crippen LogP contribution in [0.25, 0.3) is 0 Å². The summed E-state index contributed by atoms with van der Waals surface area (Å²) in [4.78, 5) is 15.1. The summed E-state index contributed by atoms with van der Waals surface area (Å²) in [5.41, 5.74) is 2.50. The number of nitrogens with two attached hydrogens (primary N) is 1. The van der Waals surface area contributed by atoms with E-state index in [0.717, 1.165) is 19.5 Å². The van der Waals surface area contributed by atoms with Crippen molar-refractivity contribution in [3.05, 3.63) is 0 Å². The molecule has 20 heavy (non-hydrogen) atoms. The van der Waals surface area contributed by atoms with Gasteiger partial charge in [-0.25, -0.2) is 5.84 Å². The second kappa shape index (κ2) is 7.84. The van der Waals surface area contributed by atoms with Crippen LogP contribution >= 0.6 is 0 Å². The molecule has 1 heterocycles. The van der Waals surface area contributed by atoms with Crippen molar-refractivity contribution in [1.82, 2.24) is 15.0 Å². The van der Waals surface area contributed by atoms with Crippen molar-refractivity contribution in [2.24, 2.45) is 11.8 Å². The number of hydrazine groups is 1. The zero-order valence-corrected chi connectivity index (χ0v) is 13.1. The fourth-order valence-corrected chi connectivity index (χ4v) is 2.05. The van der Waals surface area contributed by atoms with Gasteiger partial charge in [0.05, 0.1) is 0 Å². The van der Waals surface area contributed by atoms with E-state index in [4.69, 9.17) is 5.84 Å². The topological polar surface area (TPSA) is 92.0 Å². The Labute approximate surface area is 121 Å². The van der Waals surface area contributed by atoms with Crippen molar-refractivity contribution in [2.45, 2.75) is 47.1 Å². The lowest BCUT2D eigenvalue weighted by Crippen LogP contribution is -2.29. The van der Waals surface area contributed by atoms with Crippen LogP contribution in [0.3, 0.4) is 0 Å². The number of aromatic nitrogens is 3. The van der Waals surface area contributed by atoms with Crippen LogP contribution in [0, 0.1) is 5.92 Å². The van der Waals surface area contributed by atoms with Gasteiger partial charge in [0, 0.05) is 19.1 Å². The van der Waals surface area contributed by atoms with E-state index < -0.39 is 0 Å². The lowest BCUT2D eigenvalue weighted by Gasteiger charge is -2.23. The van der Waals surface area contributed by atoms with E-state index in [1.54, 1.807) is 0 Å². The van der Waals surface area contributed by atoms with Crippen LogP contribution in [0.1, 0.15) is 41.0 Å². The largest absolute Gasteiger partial charge is 0.351 e. The smallest absolute Gasteiger partial charge is 0.243 e. The molecule has 0 radical (unpaired) electrons. The van der Waals surface area contributed by atoms with Crippen LogP contribution in [0.5, 0.6) is 0 Å². The van der Waals surface area contributed by atoms with Gasteiger partial charge in [-0.1, -0.05) is 20.8 Å². The van der Waals surface area contributed by atoms with E-state index in [9.17, 15) is 0 Å². The maximum atomic E-state index is 5.44. The highest BCUT2D eigenvalue weighted by Gasteiger charge is 2.15. The van der Waals surface area contributed by atoms with Gasteiger partial charge in [0.25, 0.3) is 0 Å². The number of hydrogen-bond donors (Lipinski definition) is 3. The molecule has 0 aliphatic carbocycles. The third-order valence-corrected chi connectivity index (χ3v) is 3.36. The van der Waals surface area contributed by atoms with Crippen LogP contribution in [0.15, 0.2) is 0 Å². The molecule has 4 N–H and O–H groups in total. The molecule has 1 unspecified atom stereocenters. The molecule has 0 amide bonds. The minimum atomic E-state index is 0.326. The predicted octanol–water partition coefficient (Wildman–Crippen LogP) is 1.85. The van der Waals surface area contributed by atoms with Gasteiger partial charge in [-0.2, -0.15) is 15.0 Å². The highest BCUT2D eigenvalue weighted by atomic mass is 15.4. The second-order valence-corrected chi connectivity index (χ2v) is 5.00. The molecule has 0 saturated carbocycles. The molecule has 1 aromatic rings. The van der Waals surface area contributed by atoms with Crippen molar-refractivity contribution < 1.29 is 0 Å². The summed E-state index contributed by atoms with van der Waals surface area (Å²) < 4.78 is 0. The van der Waals surface area contributed by atoms with Gasteiger partial charge in [0.2, 0.25) is 17.8 Å². The number of hydrogen-bond acceptors (Lipinski definition) is 7. The summed E-state index contributed by atoms with van der Waals surface area (Å²) in [6.07, 6.45) is 1.01. The van der Waals surface area contributed by atoms with Gasteiger partial charge in [0.1, 0.15) is 0 Å². The number of rotatable bonds is 8. The van der Waals surface area contributed by atoms with Crippen molar-refractivity contribution in [3.8, 4) is 0 Å². The summed E-state index contributed by atoms with van der Waals surface area (Å²) in [6.45, 7) is 12.3. The van der Waals surface area contributed by atoms with Crippen LogP contribution in [0.2, 0.25) is 0 Å². The Balaban J connectivity index is 3.03. The molecule has 114 valence electrons. The molecule has 0 aliphatic rings. The fraction of sp³-hybridized carbons (Fsp3) is 0.769. The van der Waals surface area contributed by atoms with Gasteiger partial charge < -0.3 is 10.2 Å². The third-order valence-electron chi connectivity index (χ3n) is 3.36. The van der Waals surface area contributed by atoms with Crippen molar-refractivity contribution in [1.29, 1.82) is 0 Å². The minimum Gasteiger partial charge on any atom is -0.351 e. The van der Waals surface area contributed by atoms with E-state index in [2.05, 4.69) is 65.2 Å². The van der Waals surface area contributed by atoms with Gasteiger partial charge >= 0.3 is 0 Å². The quantitative estimate of drug-likeness (QED) is 0.494. The van der Waals surface area contributed by atoms with Crippen molar-refractivity contribution >= 4 is 17.8 Å². The Kier molecular flexibility index (Phi) is 6.44. The summed E-state index contributed by atoms with van der Waals surface area (Å²) >= 11 is 0. The first-order valence-electron chi connectivity index (χ1n) is 7.29. The van der Waals surface area contributed by atoms with Crippen molar-refractivity contribution in [2.75, 3.05) is 28.7 Å². The standard InChI is InChI=1S/C13H27N7/c1-6-10(9(4)5)15-11-16-12(19-14)18-13(17-11)20(7-2)8-3/h9-10H,6-8,14H2,1-5H3,(H2,15,16,17,18,19). The first-order valence-corrected chi connectivity index (χ1v) is 7.29. The van der Waals surface area contributed by atoms with Gasteiger partial charge in [-0.05, 0) is 26.2 Å². The summed E-state index contributed by atoms with van der Waals surface area (Å²) in [6, 6.07) is 0.326. The normalized spacial score (nSPS) is 12.3. The summed E-state index contributed by atoms with van der Waals surface area (Å²) in [5.74, 6) is 7.53. The SMILES string of the molecule is CCC(Nc1nc(NN)nc(N(CC)CC)n1)C(C)C. The Morgan fingerprint density at radius 1 is 1.05 bits per heavy atom. The minimum absolute atomic E-state index is 0.326. The lowest BCUT2D eigenvalue weighted by molar-refractivity contribution is 0.508. The molecule has 1 rings (SSSR count). The van der Waals surface area contributed by atoms with E-state index >= 15 is 0 Å². The maximum Gasteiger partial charge on any atom is 0.243 e. The predicted molar refractivity (Wildman–Crippen MR) is 83.7 cm³/mol. The van der Waals surface area contributed by atoms with E-state index in [1.807, 2.05) is 0 Å². The Morgan fingerprint density at radius 2 is 1.65 bits per heavy atom. The molecule has 1 aromatic heterocycles. The number of anilines is 3. The third kappa shape index (κ3) is 4.19. The highest BCUT2D eigenvalue weighted by molar-refractivity contribution is 5.43. The molecule has 7 nitrogen and oxygen atoms in total. The number of nitrogen functional groups attached to an aromatic ring is 1. The lowest BCUT2D eigenvalue weighted by atomic mass is 10.0. The molecular formula is C13H27N7. The molecule has 7 heteroatoms. The van der Waals surface area contributed by atoms with E-state index in [0.29, 0.717) is 29.8 Å². The Bertz CT molecular complexity index is 404. The van der Waals surface area contributed by atoms with Gasteiger partial charge in [-0.15, -0.1) is 0 Å². The number of nitrogens with zero attached hydrogens (tertiary/aromatic N) is 4. The molecule has 0 spiro atoms. The first kappa shape index (κ1) is 16.4. The maximum absolute atomic E-state index is 5.44. The van der Waals surface area contributed by atoms with E-state index in [-0.39, 0.29) is 0 Å². The zero-order valence-electron chi connectivity index (χ0n) is 13.1. The number of nitrogens with one attached hydrogen (secondary N) is 2. The zero-order chi connectivity index (χ0) is 15.1. The van der Waals surface area contributed by atoms with Crippen LogP contribution in [0.4, 0.5) is 17.8 Å². The van der Waals surface area contributed by atoms with E-state index in [1.165, 1.54) is 0 Å². The molecule has 0 aromatic carbocycles. The van der Waals surface area contributed by atoms with Gasteiger partial charge in [0.15, 0.2) is 0 Å². The average Bonchev–Trinajstić information content (AvgIpc) is 2.45. The second-order valence-electron chi connectivity index (χ2n) is 5.00. The molecule has 0 saturated heterocycles. The van der Waals surface area contributed by atoms with Gasteiger partial charge in [-0.3, -0.25) is 5.43 Å². The molecule has 0 fully saturated rings. The Hall–Kier alpha value is -1.63. The molecule has 0 bridgehead atoms. The van der Waals surface area contributed by atoms with Crippen LogP contribution in [-0.2, 0) is 0 Å². The molecule has 0 aliphatic heterocycles. The highest BCUT2D eigenvalue weighted by Crippen LogP contribution is 2.16. The van der Waals surface area contributed by atoms with Crippen molar-refractivity contribution in [3.63, 3.8) is 0 Å². The summed E-state index contributed by atoms with van der Waals surface area (Å²) in [5, 5.41) is 3.36. The summed E-state index contributed by atoms with van der Waals surface area (Å²) in [7, 11) is 0. The molecular weight excluding hydrogens is 254 g/mol. The Morgan fingerprint density at radius 3 is 2.10 bits per heavy atom. The average molecular weight is 281 g/mol. The monoisotopic (exact) mass is 281 g/mol. The van der Waals surface area contributed by atoms with Crippen LogP contribution in [-0.4, -0.2) is 34.1 Å². The fourth-order valence-electron chi connectivity index (χ4n) is 2.05. The van der Waals surface area contributed by atoms with Crippen LogP contribution < -0.4 is 21.5 Å². The first-order chi connectivity index (χ1) is 9.55. The molecule has 1 atom stereocenters.